The number of nitrogens with two attached hydrogens (primary N) is 1. The third-order valence-corrected chi connectivity index (χ3v) is 10.4. The zero-order valence-electron chi connectivity index (χ0n) is 15.3. The Bertz CT molecular complexity index is 254. The van der Waals surface area contributed by atoms with Crippen LogP contribution in [0.25, 0.3) is 0 Å². The molecule has 0 aromatic carbocycles. The Morgan fingerprint density at radius 2 is 1.09 bits per heavy atom. The van der Waals surface area contributed by atoms with Crippen LogP contribution in [0.1, 0.15) is 12.8 Å². The van der Waals surface area contributed by atoms with Crippen LogP contribution in [0.5, 0.6) is 0 Å². The fourth-order valence-corrected chi connectivity index (χ4v) is 5.09. The van der Waals surface area contributed by atoms with E-state index in [1.54, 1.807) is 28.4 Å². The van der Waals surface area contributed by atoms with Crippen molar-refractivity contribution in [2.45, 2.75) is 38.0 Å². The lowest BCUT2D eigenvalue weighted by molar-refractivity contribution is 0.233. The predicted molar refractivity (Wildman–Crippen MR) is 95.6 cm³/mol. The molecule has 0 bridgehead atoms. The summed E-state index contributed by atoms with van der Waals surface area (Å²) >= 11 is 0. The Labute approximate surface area is 138 Å². The molecule has 0 saturated heterocycles. The van der Waals surface area contributed by atoms with E-state index in [4.69, 9.17) is 23.4 Å². The standard InChI is InChI=1S/C14H36N2O4Si2/c1-17-21(5,18-2)13-7-10-16(12-9-15)11-8-14-22(6,19-3)20-4/h7-15H2,1-6H3. The number of hydrogen-bond donors (Lipinski definition) is 1. The second-order valence-corrected chi connectivity index (χ2v) is 13.1. The molecule has 0 amide bonds. The maximum Gasteiger partial charge on any atom is 0.334 e. The summed E-state index contributed by atoms with van der Waals surface area (Å²) in [4.78, 5) is 2.42. The molecule has 0 saturated carbocycles. The van der Waals surface area contributed by atoms with Crippen LogP contribution in [0, 0.1) is 0 Å². The van der Waals surface area contributed by atoms with Gasteiger partial charge >= 0.3 is 17.1 Å². The Kier molecular flexibility index (Phi) is 11.8. The quantitative estimate of drug-likeness (QED) is 0.481. The van der Waals surface area contributed by atoms with Gasteiger partial charge in [0.2, 0.25) is 0 Å². The first-order valence-corrected chi connectivity index (χ1v) is 13.1. The highest BCUT2D eigenvalue weighted by Gasteiger charge is 2.29. The van der Waals surface area contributed by atoms with Gasteiger partial charge in [0.1, 0.15) is 0 Å². The van der Waals surface area contributed by atoms with Crippen molar-refractivity contribution in [2.75, 3.05) is 54.6 Å². The van der Waals surface area contributed by atoms with Crippen molar-refractivity contribution in [2.24, 2.45) is 5.73 Å². The van der Waals surface area contributed by atoms with Gasteiger partial charge in [-0.05, 0) is 51.1 Å². The van der Waals surface area contributed by atoms with Crippen LogP contribution in [-0.4, -0.2) is 76.6 Å². The first kappa shape index (κ1) is 22.2. The molecule has 0 rings (SSSR count). The van der Waals surface area contributed by atoms with Gasteiger partial charge in [-0.3, -0.25) is 0 Å². The summed E-state index contributed by atoms with van der Waals surface area (Å²) in [6.07, 6.45) is 2.15. The number of rotatable bonds is 14. The van der Waals surface area contributed by atoms with Crippen LogP contribution in [0.2, 0.25) is 25.2 Å². The molecular formula is C14H36N2O4Si2. The Morgan fingerprint density at radius 1 is 0.727 bits per heavy atom. The van der Waals surface area contributed by atoms with E-state index in [-0.39, 0.29) is 0 Å². The maximum atomic E-state index is 5.73. The lowest BCUT2D eigenvalue weighted by Gasteiger charge is -2.27. The molecule has 0 heterocycles. The van der Waals surface area contributed by atoms with Gasteiger partial charge in [0, 0.05) is 41.5 Å². The monoisotopic (exact) mass is 352 g/mol. The van der Waals surface area contributed by atoms with Gasteiger partial charge in [-0.2, -0.15) is 0 Å². The third kappa shape index (κ3) is 8.73. The highest BCUT2D eigenvalue weighted by atomic mass is 28.4. The average molecular weight is 353 g/mol. The van der Waals surface area contributed by atoms with Gasteiger partial charge in [0.15, 0.2) is 0 Å². The van der Waals surface area contributed by atoms with Gasteiger partial charge < -0.3 is 28.3 Å². The molecule has 0 fully saturated rings. The van der Waals surface area contributed by atoms with Gasteiger partial charge in [-0.25, -0.2) is 0 Å². The van der Waals surface area contributed by atoms with Crippen molar-refractivity contribution in [3.63, 3.8) is 0 Å². The highest BCUT2D eigenvalue weighted by Crippen LogP contribution is 2.16. The lowest BCUT2D eigenvalue weighted by atomic mass is 10.3. The van der Waals surface area contributed by atoms with E-state index in [2.05, 4.69) is 18.0 Å². The van der Waals surface area contributed by atoms with Crippen LogP contribution in [0.15, 0.2) is 0 Å². The third-order valence-electron chi connectivity index (χ3n) is 4.38. The van der Waals surface area contributed by atoms with E-state index < -0.39 is 17.1 Å². The molecule has 8 heteroatoms. The fraction of sp³-hybridized carbons (Fsp3) is 1.00. The van der Waals surface area contributed by atoms with Crippen LogP contribution < -0.4 is 5.73 Å². The second kappa shape index (κ2) is 11.7. The molecule has 0 atom stereocenters. The minimum atomic E-state index is -1.95. The molecule has 2 N–H and O–H groups in total. The predicted octanol–water partition coefficient (Wildman–Crippen LogP) is 1.76. The molecule has 0 aliphatic rings. The summed E-state index contributed by atoms with van der Waals surface area (Å²) in [7, 11) is 3.08. The van der Waals surface area contributed by atoms with Crippen molar-refractivity contribution >= 4 is 17.1 Å². The largest absolute Gasteiger partial charge is 0.398 e. The van der Waals surface area contributed by atoms with Gasteiger partial charge in [-0.1, -0.05) is 0 Å². The molecule has 0 aliphatic carbocycles. The molecule has 6 nitrogen and oxygen atoms in total. The summed E-state index contributed by atoms with van der Waals surface area (Å²) in [6.45, 7) is 7.89. The first-order valence-electron chi connectivity index (χ1n) is 8.01. The summed E-state index contributed by atoms with van der Waals surface area (Å²) < 4.78 is 22.1. The van der Waals surface area contributed by atoms with Gasteiger partial charge in [-0.15, -0.1) is 0 Å². The molecule has 134 valence electrons. The van der Waals surface area contributed by atoms with E-state index >= 15 is 0 Å². The number of hydrogen-bond acceptors (Lipinski definition) is 6. The zero-order valence-corrected chi connectivity index (χ0v) is 17.3. The molecule has 0 unspecified atom stereocenters. The summed E-state index contributed by atoms with van der Waals surface area (Å²) in [5, 5.41) is 0. The summed E-state index contributed by atoms with van der Waals surface area (Å²) in [6, 6.07) is 2.01. The Balaban J connectivity index is 4.16. The minimum Gasteiger partial charge on any atom is -0.398 e. The average Bonchev–Trinajstić information content (AvgIpc) is 2.54. The van der Waals surface area contributed by atoms with Crippen molar-refractivity contribution in [3.05, 3.63) is 0 Å². The van der Waals surface area contributed by atoms with Crippen molar-refractivity contribution < 1.29 is 17.7 Å². The molecule has 0 aromatic rings. The molecule has 0 aromatic heterocycles. The van der Waals surface area contributed by atoms with E-state index in [0.717, 1.165) is 44.6 Å². The molecule has 22 heavy (non-hydrogen) atoms. The summed E-state index contributed by atoms with van der Waals surface area (Å²) in [5.41, 5.74) is 5.73. The van der Waals surface area contributed by atoms with Crippen LogP contribution in [-0.2, 0) is 17.7 Å². The normalized spacial score (nSPS) is 13.1. The van der Waals surface area contributed by atoms with E-state index in [1.807, 2.05) is 0 Å². The SMILES string of the molecule is CO[Si](C)(CCCN(CCN)CCC[Si](C)(OC)OC)OC. The maximum absolute atomic E-state index is 5.73. The second-order valence-electron chi connectivity index (χ2n) is 5.92. The van der Waals surface area contributed by atoms with E-state index in [1.165, 1.54) is 0 Å². The van der Waals surface area contributed by atoms with Crippen molar-refractivity contribution in [1.29, 1.82) is 0 Å². The Hall–Kier alpha value is 0.194. The zero-order chi connectivity index (χ0) is 17.1. The molecular weight excluding hydrogens is 316 g/mol. The van der Waals surface area contributed by atoms with Gasteiger partial charge in [0.05, 0.1) is 0 Å². The van der Waals surface area contributed by atoms with Crippen LogP contribution >= 0.6 is 0 Å². The highest BCUT2D eigenvalue weighted by molar-refractivity contribution is 6.66. The minimum absolute atomic E-state index is 0.687. The van der Waals surface area contributed by atoms with Gasteiger partial charge in [0.25, 0.3) is 0 Å². The summed E-state index contributed by atoms with van der Waals surface area (Å²) in [5.74, 6) is 0. The van der Waals surface area contributed by atoms with E-state index in [9.17, 15) is 0 Å². The molecule has 0 spiro atoms. The van der Waals surface area contributed by atoms with E-state index in [0.29, 0.717) is 6.54 Å². The topological polar surface area (TPSA) is 66.2 Å². The Morgan fingerprint density at radius 3 is 1.36 bits per heavy atom. The van der Waals surface area contributed by atoms with Crippen molar-refractivity contribution in [3.8, 4) is 0 Å². The fourth-order valence-electron chi connectivity index (χ4n) is 2.34. The molecule has 0 aliphatic heterocycles. The smallest absolute Gasteiger partial charge is 0.334 e. The molecule has 0 radical (unpaired) electrons. The van der Waals surface area contributed by atoms with Crippen LogP contribution in [0.4, 0.5) is 0 Å². The number of nitrogens with zero attached hydrogens (tertiary/aromatic N) is 1. The first-order chi connectivity index (χ1) is 10.4. The van der Waals surface area contributed by atoms with Crippen molar-refractivity contribution in [1.82, 2.24) is 4.90 Å². The lowest BCUT2D eigenvalue weighted by Crippen LogP contribution is -2.39. The van der Waals surface area contributed by atoms with Crippen LogP contribution in [0.3, 0.4) is 0 Å².